The number of fused-ring (bicyclic) bond motifs is 1. The van der Waals surface area contributed by atoms with Crippen molar-refractivity contribution in [1.29, 1.82) is 0 Å². The number of rotatable bonds is 5. The summed E-state index contributed by atoms with van der Waals surface area (Å²) in [5, 5.41) is 3.15. The van der Waals surface area contributed by atoms with Crippen molar-refractivity contribution in [2.24, 2.45) is 23.2 Å². The van der Waals surface area contributed by atoms with Crippen LogP contribution < -0.4 is 5.32 Å². The summed E-state index contributed by atoms with van der Waals surface area (Å²) in [5.74, 6) is 3.39. The normalized spacial score (nSPS) is 28.9. The highest BCUT2D eigenvalue weighted by atomic mass is 16.3. The van der Waals surface area contributed by atoms with Crippen LogP contribution in [0.25, 0.3) is 22.6 Å². The van der Waals surface area contributed by atoms with E-state index in [0.717, 1.165) is 46.5 Å². The van der Waals surface area contributed by atoms with Crippen molar-refractivity contribution in [3.05, 3.63) is 48.0 Å². The van der Waals surface area contributed by atoms with Gasteiger partial charge in [0.25, 0.3) is 0 Å². The molecule has 1 aromatic heterocycles. The molecule has 1 amide bonds. The van der Waals surface area contributed by atoms with Crippen LogP contribution >= 0.6 is 0 Å². The fourth-order valence-corrected chi connectivity index (χ4v) is 7.06. The summed E-state index contributed by atoms with van der Waals surface area (Å²) in [7, 11) is 0. The molecule has 0 unspecified atom stereocenters. The largest absolute Gasteiger partial charge is 0.436 e. The zero-order valence-electron chi connectivity index (χ0n) is 18.2. The third kappa shape index (κ3) is 3.56. The van der Waals surface area contributed by atoms with E-state index in [0.29, 0.717) is 12.3 Å². The quantitative estimate of drug-likeness (QED) is 0.511. The van der Waals surface area contributed by atoms with E-state index < -0.39 is 0 Å². The van der Waals surface area contributed by atoms with Crippen molar-refractivity contribution in [2.45, 2.75) is 58.3 Å². The van der Waals surface area contributed by atoms with Crippen LogP contribution in [0.15, 0.2) is 46.9 Å². The first-order valence-electron chi connectivity index (χ1n) is 11.9. The Hall–Kier alpha value is -2.62. The van der Waals surface area contributed by atoms with Gasteiger partial charge in [-0.05, 0) is 104 Å². The van der Waals surface area contributed by atoms with Gasteiger partial charge in [-0.3, -0.25) is 4.79 Å². The topological polar surface area (TPSA) is 55.1 Å². The van der Waals surface area contributed by atoms with E-state index in [1.165, 1.54) is 44.1 Å². The van der Waals surface area contributed by atoms with E-state index >= 15 is 0 Å². The van der Waals surface area contributed by atoms with Crippen molar-refractivity contribution in [1.82, 2.24) is 4.98 Å². The third-order valence-corrected chi connectivity index (χ3v) is 7.98. The second-order valence-electron chi connectivity index (χ2n) is 10.4. The molecule has 4 bridgehead atoms. The fourth-order valence-electron chi connectivity index (χ4n) is 7.06. The maximum atomic E-state index is 13.0. The monoisotopic (exact) mass is 414 g/mol. The summed E-state index contributed by atoms with van der Waals surface area (Å²) in [6.45, 7) is 2.15. The van der Waals surface area contributed by atoms with Crippen molar-refractivity contribution in [3.8, 4) is 11.5 Å². The van der Waals surface area contributed by atoms with Crippen LogP contribution in [0.1, 0.15) is 57.4 Å². The Kier molecular flexibility index (Phi) is 4.45. The number of hydrogen-bond acceptors (Lipinski definition) is 3. The molecular weight excluding hydrogens is 384 g/mol. The molecule has 4 aliphatic carbocycles. The molecule has 4 heteroatoms. The third-order valence-electron chi connectivity index (χ3n) is 7.98. The van der Waals surface area contributed by atoms with Gasteiger partial charge in [0.05, 0.1) is 0 Å². The van der Waals surface area contributed by atoms with Gasteiger partial charge in [-0.15, -0.1) is 0 Å². The molecule has 1 heterocycles. The highest BCUT2D eigenvalue weighted by Gasteiger charge is 2.51. The van der Waals surface area contributed by atoms with Crippen LogP contribution in [0, 0.1) is 23.2 Å². The van der Waals surface area contributed by atoms with Crippen molar-refractivity contribution in [3.63, 3.8) is 0 Å². The molecular formula is C27H30N2O2. The summed E-state index contributed by atoms with van der Waals surface area (Å²) in [4.78, 5) is 17.6. The van der Waals surface area contributed by atoms with E-state index in [-0.39, 0.29) is 11.3 Å². The van der Waals surface area contributed by atoms with E-state index in [2.05, 4.69) is 41.5 Å². The molecule has 4 nitrogen and oxygen atoms in total. The zero-order chi connectivity index (χ0) is 21.0. The molecule has 0 radical (unpaired) electrons. The lowest BCUT2D eigenvalue weighted by Gasteiger charge is -2.56. The minimum Gasteiger partial charge on any atom is -0.436 e. The second kappa shape index (κ2) is 7.22. The number of carbonyl (C=O) groups excluding carboxylic acids is 1. The van der Waals surface area contributed by atoms with Crippen LogP contribution in [-0.2, 0) is 11.2 Å². The predicted molar refractivity (Wildman–Crippen MR) is 123 cm³/mol. The van der Waals surface area contributed by atoms with Crippen LogP contribution in [0.2, 0.25) is 0 Å². The summed E-state index contributed by atoms with van der Waals surface area (Å²) in [6, 6.07) is 14.1. The van der Waals surface area contributed by atoms with E-state index in [1.54, 1.807) is 0 Å². The number of carbonyl (C=O) groups is 1. The van der Waals surface area contributed by atoms with Crippen LogP contribution in [0.5, 0.6) is 0 Å². The minimum atomic E-state index is 0.153. The number of nitrogens with zero attached hydrogens (tertiary/aromatic N) is 1. The summed E-state index contributed by atoms with van der Waals surface area (Å²) in [5.41, 5.74) is 4.86. The maximum absolute atomic E-state index is 13.0. The first kappa shape index (κ1) is 19.1. The van der Waals surface area contributed by atoms with Gasteiger partial charge in [0.2, 0.25) is 11.8 Å². The Balaban J connectivity index is 1.18. The van der Waals surface area contributed by atoms with E-state index in [9.17, 15) is 4.79 Å². The van der Waals surface area contributed by atoms with Crippen LogP contribution in [0.3, 0.4) is 0 Å². The molecule has 3 aromatic rings. The lowest BCUT2D eigenvalue weighted by atomic mass is 9.49. The van der Waals surface area contributed by atoms with Gasteiger partial charge >= 0.3 is 0 Å². The molecule has 7 rings (SSSR count). The van der Waals surface area contributed by atoms with Gasteiger partial charge in [0.15, 0.2) is 5.58 Å². The number of nitrogens with one attached hydrogen (secondary N) is 1. The molecule has 0 spiro atoms. The molecule has 4 saturated carbocycles. The Morgan fingerprint density at radius 2 is 1.71 bits per heavy atom. The van der Waals surface area contributed by atoms with E-state index in [4.69, 9.17) is 4.42 Å². The molecule has 0 aliphatic heterocycles. The predicted octanol–water partition coefficient (Wildman–Crippen LogP) is 6.60. The fraction of sp³-hybridized carbons (Fsp3) is 0.481. The number of benzene rings is 2. The molecule has 160 valence electrons. The molecule has 4 aliphatic rings. The molecule has 2 aromatic carbocycles. The zero-order valence-corrected chi connectivity index (χ0v) is 18.2. The number of amides is 1. The average molecular weight is 415 g/mol. The van der Waals surface area contributed by atoms with Crippen molar-refractivity contribution >= 4 is 22.7 Å². The Morgan fingerprint density at radius 3 is 2.35 bits per heavy atom. The van der Waals surface area contributed by atoms with Crippen LogP contribution in [0.4, 0.5) is 5.69 Å². The SMILES string of the molecule is CCc1ccc(-c2nc3cc(NC(=O)CC45CC6CC(CC(C6)C4)C5)ccc3o2)cc1. The Morgan fingerprint density at radius 1 is 1.03 bits per heavy atom. The van der Waals surface area contributed by atoms with Gasteiger partial charge in [0, 0.05) is 17.7 Å². The number of anilines is 1. The highest BCUT2D eigenvalue weighted by Crippen LogP contribution is 2.61. The van der Waals surface area contributed by atoms with Crippen molar-refractivity contribution < 1.29 is 9.21 Å². The van der Waals surface area contributed by atoms with Crippen LogP contribution in [-0.4, -0.2) is 10.9 Å². The standard InChI is InChI=1S/C27H30N2O2/c1-2-17-3-5-21(6-4-17)26-29-23-12-22(7-8-24(23)31-26)28-25(30)16-27-13-18-9-19(14-27)11-20(10-18)15-27/h3-8,12,18-20H,2,9-11,13-16H2,1H3,(H,28,30). The minimum absolute atomic E-state index is 0.153. The van der Waals surface area contributed by atoms with Gasteiger partial charge in [-0.2, -0.15) is 0 Å². The lowest BCUT2D eigenvalue weighted by molar-refractivity contribution is -0.124. The van der Waals surface area contributed by atoms with E-state index in [1.807, 2.05) is 18.2 Å². The molecule has 1 N–H and O–H groups in total. The maximum Gasteiger partial charge on any atom is 0.227 e. The van der Waals surface area contributed by atoms with Gasteiger partial charge in [0.1, 0.15) is 5.52 Å². The Labute approximate surface area is 183 Å². The second-order valence-corrected chi connectivity index (χ2v) is 10.4. The highest BCUT2D eigenvalue weighted by molar-refractivity contribution is 5.93. The van der Waals surface area contributed by atoms with Gasteiger partial charge in [-0.1, -0.05) is 19.1 Å². The number of hydrogen-bond donors (Lipinski definition) is 1. The molecule has 4 fully saturated rings. The van der Waals surface area contributed by atoms with Crippen molar-refractivity contribution in [2.75, 3.05) is 5.32 Å². The summed E-state index contributed by atoms with van der Waals surface area (Å²) < 4.78 is 5.95. The molecule has 0 atom stereocenters. The van der Waals surface area contributed by atoms with Gasteiger partial charge < -0.3 is 9.73 Å². The first-order valence-corrected chi connectivity index (χ1v) is 11.9. The smallest absolute Gasteiger partial charge is 0.227 e. The van der Waals surface area contributed by atoms with Gasteiger partial charge in [-0.25, -0.2) is 4.98 Å². The summed E-state index contributed by atoms with van der Waals surface area (Å²) in [6.07, 6.45) is 9.69. The number of oxazole rings is 1. The Bertz CT molecular complexity index is 1090. The number of aryl methyl sites for hydroxylation is 1. The lowest BCUT2D eigenvalue weighted by Crippen LogP contribution is -2.47. The molecule has 31 heavy (non-hydrogen) atoms. The average Bonchev–Trinajstić information content (AvgIpc) is 3.15. The first-order chi connectivity index (χ1) is 15.1. The summed E-state index contributed by atoms with van der Waals surface area (Å²) >= 11 is 0. The molecule has 0 saturated heterocycles. The number of aromatic nitrogens is 1.